The van der Waals surface area contributed by atoms with Gasteiger partial charge in [0.15, 0.2) is 0 Å². The van der Waals surface area contributed by atoms with Crippen LogP contribution >= 0.6 is 11.6 Å². The van der Waals surface area contributed by atoms with Crippen molar-refractivity contribution in [2.45, 2.75) is 19.6 Å². The average molecular weight is 368 g/mol. The highest BCUT2D eigenvalue weighted by Crippen LogP contribution is 2.19. The highest BCUT2D eigenvalue weighted by Gasteiger charge is 2.26. The maximum atomic E-state index is 13.0. The summed E-state index contributed by atoms with van der Waals surface area (Å²) in [7, 11) is 0. The second-order valence-corrected chi connectivity index (χ2v) is 6.35. The van der Waals surface area contributed by atoms with Gasteiger partial charge < -0.3 is 18.8 Å². The van der Waals surface area contributed by atoms with E-state index in [1.165, 1.54) is 18.4 Å². The second-order valence-electron chi connectivity index (χ2n) is 5.94. The van der Waals surface area contributed by atoms with Gasteiger partial charge in [-0.05, 0) is 30.7 Å². The monoisotopic (exact) mass is 367 g/mol. The number of amides is 1. The number of hydrogen-bond donors (Lipinski definition) is 0. The molecular weight excluding hydrogens is 349 g/mol. The Kier molecular flexibility index (Phi) is 5.73. The van der Waals surface area contributed by atoms with Crippen molar-refractivity contribution in [2.75, 3.05) is 26.3 Å². The molecule has 1 atom stereocenters. The molecule has 1 aromatic heterocycles. The normalized spacial score (nSPS) is 17.7. The van der Waals surface area contributed by atoms with Crippen molar-refractivity contribution in [3.05, 3.63) is 58.3 Å². The smallest absolute Gasteiger partial charge is 0.257 e. The summed E-state index contributed by atoms with van der Waals surface area (Å²) < 4.78 is 29.5. The molecule has 0 N–H and O–H groups in total. The SMILES string of the molecule is Cc1cc(C(=O)N2CCOC(COCc3ccc(F)cc3Cl)C2)co1. The topological polar surface area (TPSA) is 51.9 Å². The number of halogens is 2. The summed E-state index contributed by atoms with van der Waals surface area (Å²) in [5, 5.41) is 0.330. The van der Waals surface area contributed by atoms with Crippen LogP contribution in [0.5, 0.6) is 0 Å². The lowest BCUT2D eigenvalue weighted by atomic mass is 10.2. The van der Waals surface area contributed by atoms with Crippen LogP contribution in [0.1, 0.15) is 21.7 Å². The molecule has 0 bridgehead atoms. The second kappa shape index (κ2) is 7.99. The van der Waals surface area contributed by atoms with Crippen molar-refractivity contribution in [1.82, 2.24) is 4.90 Å². The first-order valence-electron chi connectivity index (χ1n) is 8.00. The number of carbonyl (C=O) groups excluding carboxylic acids is 1. The molecule has 1 aliphatic rings. The molecule has 1 aliphatic heterocycles. The van der Waals surface area contributed by atoms with Crippen molar-refractivity contribution < 1.29 is 23.1 Å². The van der Waals surface area contributed by atoms with Gasteiger partial charge >= 0.3 is 0 Å². The van der Waals surface area contributed by atoms with Gasteiger partial charge in [-0.3, -0.25) is 4.79 Å². The molecule has 7 heteroatoms. The predicted octanol–water partition coefficient (Wildman–Crippen LogP) is 3.44. The minimum Gasteiger partial charge on any atom is -0.469 e. The number of aryl methyl sites for hydroxylation is 1. The average Bonchev–Trinajstić information content (AvgIpc) is 3.03. The summed E-state index contributed by atoms with van der Waals surface area (Å²) in [6, 6.07) is 5.91. The van der Waals surface area contributed by atoms with E-state index >= 15 is 0 Å². The molecule has 0 spiro atoms. The van der Waals surface area contributed by atoms with E-state index in [0.29, 0.717) is 48.2 Å². The summed E-state index contributed by atoms with van der Waals surface area (Å²) >= 11 is 5.97. The molecule has 0 saturated carbocycles. The van der Waals surface area contributed by atoms with Crippen LogP contribution in [0.4, 0.5) is 4.39 Å². The maximum absolute atomic E-state index is 13.0. The maximum Gasteiger partial charge on any atom is 0.257 e. The minimum absolute atomic E-state index is 0.0771. The first-order chi connectivity index (χ1) is 12.0. The molecule has 2 heterocycles. The fourth-order valence-corrected chi connectivity index (χ4v) is 2.90. The van der Waals surface area contributed by atoms with E-state index in [2.05, 4.69) is 0 Å². The van der Waals surface area contributed by atoms with Crippen LogP contribution in [0.3, 0.4) is 0 Å². The lowest BCUT2D eigenvalue weighted by Gasteiger charge is -2.32. The predicted molar refractivity (Wildman–Crippen MR) is 90.2 cm³/mol. The molecule has 134 valence electrons. The molecule has 0 radical (unpaired) electrons. The Hall–Kier alpha value is -1.89. The fourth-order valence-electron chi connectivity index (χ4n) is 2.68. The zero-order chi connectivity index (χ0) is 17.8. The van der Waals surface area contributed by atoms with Gasteiger partial charge in [-0.15, -0.1) is 0 Å². The zero-order valence-electron chi connectivity index (χ0n) is 13.8. The van der Waals surface area contributed by atoms with Gasteiger partial charge in [-0.2, -0.15) is 0 Å². The molecule has 1 fully saturated rings. The van der Waals surface area contributed by atoms with Crippen molar-refractivity contribution in [3.63, 3.8) is 0 Å². The van der Waals surface area contributed by atoms with Crippen molar-refractivity contribution in [3.8, 4) is 0 Å². The van der Waals surface area contributed by atoms with Gasteiger partial charge in [0.2, 0.25) is 0 Å². The van der Waals surface area contributed by atoms with Crippen LogP contribution in [0.2, 0.25) is 5.02 Å². The largest absolute Gasteiger partial charge is 0.469 e. The Morgan fingerprint density at radius 1 is 1.44 bits per heavy atom. The molecule has 1 saturated heterocycles. The molecule has 0 aliphatic carbocycles. The lowest BCUT2D eigenvalue weighted by molar-refractivity contribution is -0.0647. The van der Waals surface area contributed by atoms with Crippen molar-refractivity contribution in [2.24, 2.45) is 0 Å². The molecule has 1 amide bonds. The van der Waals surface area contributed by atoms with Crippen LogP contribution in [-0.4, -0.2) is 43.2 Å². The van der Waals surface area contributed by atoms with Crippen molar-refractivity contribution in [1.29, 1.82) is 0 Å². The number of ether oxygens (including phenoxy) is 2. The summed E-state index contributed by atoms with van der Waals surface area (Å²) in [4.78, 5) is 14.2. The van der Waals surface area contributed by atoms with Gasteiger partial charge in [0.05, 0.1) is 31.5 Å². The Morgan fingerprint density at radius 2 is 2.28 bits per heavy atom. The van der Waals surface area contributed by atoms with E-state index < -0.39 is 0 Å². The molecule has 1 unspecified atom stereocenters. The molecular formula is C18H19ClFNO4. The van der Waals surface area contributed by atoms with Crippen LogP contribution in [0.15, 0.2) is 34.9 Å². The Bertz CT molecular complexity index is 748. The van der Waals surface area contributed by atoms with E-state index in [9.17, 15) is 9.18 Å². The van der Waals surface area contributed by atoms with Gasteiger partial charge in [-0.1, -0.05) is 17.7 Å². The Morgan fingerprint density at radius 3 is 3.00 bits per heavy atom. The number of furan rings is 1. The number of morpholine rings is 1. The third-order valence-corrected chi connectivity index (χ3v) is 4.33. The summed E-state index contributed by atoms with van der Waals surface area (Å²) in [6.07, 6.45) is 1.25. The van der Waals surface area contributed by atoms with E-state index in [1.807, 2.05) is 0 Å². The molecule has 3 rings (SSSR count). The number of rotatable bonds is 5. The minimum atomic E-state index is -0.381. The van der Waals surface area contributed by atoms with E-state index in [0.717, 1.165) is 0 Å². The van der Waals surface area contributed by atoms with Gasteiger partial charge in [-0.25, -0.2) is 4.39 Å². The van der Waals surface area contributed by atoms with Crippen molar-refractivity contribution >= 4 is 17.5 Å². The summed E-state index contributed by atoms with van der Waals surface area (Å²) in [5.41, 5.74) is 1.25. The summed E-state index contributed by atoms with van der Waals surface area (Å²) in [6.45, 7) is 3.81. The Labute approximate surface area is 150 Å². The molecule has 5 nitrogen and oxygen atoms in total. The van der Waals surface area contributed by atoms with E-state index in [4.69, 9.17) is 25.5 Å². The van der Waals surface area contributed by atoms with Gasteiger partial charge in [0.25, 0.3) is 5.91 Å². The highest BCUT2D eigenvalue weighted by atomic mass is 35.5. The van der Waals surface area contributed by atoms with E-state index in [1.54, 1.807) is 24.0 Å². The quantitative estimate of drug-likeness (QED) is 0.812. The molecule has 2 aromatic rings. The Balaban J connectivity index is 1.51. The highest BCUT2D eigenvalue weighted by molar-refractivity contribution is 6.31. The zero-order valence-corrected chi connectivity index (χ0v) is 14.6. The molecule has 1 aromatic carbocycles. The van der Waals surface area contributed by atoms with Crippen LogP contribution in [-0.2, 0) is 16.1 Å². The third-order valence-electron chi connectivity index (χ3n) is 3.98. The first kappa shape index (κ1) is 17.9. The van der Waals surface area contributed by atoms with Crippen LogP contribution < -0.4 is 0 Å². The summed E-state index contributed by atoms with van der Waals surface area (Å²) in [5.74, 6) is 0.243. The molecule has 25 heavy (non-hydrogen) atoms. The number of carbonyl (C=O) groups is 1. The van der Waals surface area contributed by atoms with Crippen LogP contribution in [0, 0.1) is 12.7 Å². The fraction of sp³-hybridized carbons (Fsp3) is 0.389. The van der Waals surface area contributed by atoms with Gasteiger partial charge in [0, 0.05) is 18.1 Å². The van der Waals surface area contributed by atoms with Gasteiger partial charge in [0.1, 0.15) is 17.8 Å². The number of nitrogens with zero attached hydrogens (tertiary/aromatic N) is 1. The number of hydrogen-bond acceptors (Lipinski definition) is 4. The first-order valence-corrected chi connectivity index (χ1v) is 8.38. The van der Waals surface area contributed by atoms with Crippen LogP contribution in [0.25, 0.3) is 0 Å². The third kappa shape index (κ3) is 4.60. The van der Waals surface area contributed by atoms with E-state index in [-0.39, 0.29) is 24.4 Å². The lowest BCUT2D eigenvalue weighted by Crippen LogP contribution is -2.47. The number of benzene rings is 1. The standard InChI is InChI=1S/C18H19ClFNO4/c1-12-6-14(10-25-12)18(22)21-4-5-24-16(8-21)11-23-9-13-2-3-15(20)7-17(13)19/h2-3,6-7,10,16H,4-5,8-9,11H2,1H3.